The third-order valence-electron chi connectivity index (χ3n) is 3.44. The van der Waals surface area contributed by atoms with Gasteiger partial charge in [0, 0.05) is 17.8 Å². The standard InChI is InChI=1S/C16H17N5O/c1-10-5-6-12-11(9-10)13(20-15(22)19-12)21-16(2,3)14-17-7-4-8-18-14/h4-9H,1-3H3,(H2,19,20,21,22). The van der Waals surface area contributed by atoms with Gasteiger partial charge in [0.15, 0.2) is 5.82 Å². The molecule has 2 heterocycles. The van der Waals surface area contributed by atoms with Crippen LogP contribution in [0, 0.1) is 6.92 Å². The summed E-state index contributed by atoms with van der Waals surface area (Å²) in [6.07, 6.45) is 3.39. The summed E-state index contributed by atoms with van der Waals surface area (Å²) >= 11 is 0. The zero-order valence-electron chi connectivity index (χ0n) is 12.7. The van der Waals surface area contributed by atoms with Gasteiger partial charge in [-0.3, -0.25) is 0 Å². The number of nitrogens with zero attached hydrogens (tertiary/aromatic N) is 3. The topological polar surface area (TPSA) is 83.6 Å². The van der Waals surface area contributed by atoms with Crippen molar-refractivity contribution in [2.24, 2.45) is 0 Å². The van der Waals surface area contributed by atoms with Crippen molar-refractivity contribution in [2.45, 2.75) is 26.3 Å². The molecule has 3 aromatic rings. The van der Waals surface area contributed by atoms with Gasteiger partial charge in [0.2, 0.25) is 0 Å². The molecule has 0 aliphatic heterocycles. The van der Waals surface area contributed by atoms with Crippen LogP contribution in [-0.4, -0.2) is 19.9 Å². The summed E-state index contributed by atoms with van der Waals surface area (Å²) in [5.74, 6) is 1.16. The highest BCUT2D eigenvalue weighted by molar-refractivity contribution is 5.89. The number of aryl methyl sites for hydroxylation is 1. The van der Waals surface area contributed by atoms with Crippen molar-refractivity contribution in [3.63, 3.8) is 0 Å². The highest BCUT2D eigenvalue weighted by Gasteiger charge is 2.24. The molecule has 0 amide bonds. The number of fused-ring (bicyclic) bond motifs is 1. The molecule has 0 radical (unpaired) electrons. The van der Waals surface area contributed by atoms with E-state index in [0.29, 0.717) is 11.6 Å². The van der Waals surface area contributed by atoms with Crippen LogP contribution >= 0.6 is 0 Å². The van der Waals surface area contributed by atoms with Crippen LogP contribution in [0.1, 0.15) is 25.2 Å². The van der Waals surface area contributed by atoms with Crippen LogP contribution < -0.4 is 11.0 Å². The minimum Gasteiger partial charge on any atom is -0.357 e. The van der Waals surface area contributed by atoms with Crippen LogP contribution in [-0.2, 0) is 5.54 Å². The first-order chi connectivity index (χ1) is 10.5. The minimum absolute atomic E-state index is 0.386. The van der Waals surface area contributed by atoms with E-state index in [1.54, 1.807) is 18.5 Å². The fourth-order valence-corrected chi connectivity index (χ4v) is 2.34. The molecule has 2 aromatic heterocycles. The van der Waals surface area contributed by atoms with E-state index >= 15 is 0 Å². The van der Waals surface area contributed by atoms with Crippen LogP contribution in [0.5, 0.6) is 0 Å². The maximum atomic E-state index is 11.8. The molecule has 0 spiro atoms. The van der Waals surface area contributed by atoms with Gasteiger partial charge in [-0.1, -0.05) is 11.6 Å². The number of H-pyrrole nitrogens is 1. The van der Waals surface area contributed by atoms with Gasteiger partial charge >= 0.3 is 5.69 Å². The maximum absolute atomic E-state index is 11.8. The van der Waals surface area contributed by atoms with E-state index in [0.717, 1.165) is 16.5 Å². The summed E-state index contributed by atoms with van der Waals surface area (Å²) in [4.78, 5) is 27.2. The molecule has 3 rings (SSSR count). The number of aromatic amines is 1. The van der Waals surface area contributed by atoms with Gasteiger partial charge < -0.3 is 10.3 Å². The first-order valence-electron chi connectivity index (χ1n) is 7.02. The first kappa shape index (κ1) is 14.2. The predicted octanol–water partition coefficient (Wildman–Crippen LogP) is 2.37. The Morgan fingerprint density at radius 3 is 2.64 bits per heavy atom. The highest BCUT2D eigenvalue weighted by atomic mass is 16.1. The molecule has 22 heavy (non-hydrogen) atoms. The van der Waals surface area contributed by atoms with Crippen molar-refractivity contribution in [2.75, 3.05) is 5.32 Å². The van der Waals surface area contributed by atoms with E-state index in [-0.39, 0.29) is 5.69 Å². The number of hydrogen-bond acceptors (Lipinski definition) is 5. The SMILES string of the molecule is Cc1ccc2[nH]c(=O)nc(NC(C)(C)c3ncccn3)c2c1. The van der Waals surface area contributed by atoms with Crippen LogP contribution in [0.2, 0.25) is 0 Å². The summed E-state index contributed by atoms with van der Waals surface area (Å²) in [5, 5.41) is 4.15. The van der Waals surface area contributed by atoms with Crippen LogP contribution in [0.25, 0.3) is 10.9 Å². The Bertz CT molecular complexity index is 871. The Balaban J connectivity index is 2.10. The smallest absolute Gasteiger partial charge is 0.347 e. The Labute approximate surface area is 127 Å². The molecule has 112 valence electrons. The lowest BCUT2D eigenvalue weighted by Gasteiger charge is -2.25. The van der Waals surface area contributed by atoms with Crippen molar-refractivity contribution >= 4 is 16.7 Å². The molecule has 0 bridgehead atoms. The van der Waals surface area contributed by atoms with Crippen LogP contribution in [0.4, 0.5) is 5.82 Å². The van der Waals surface area contributed by atoms with Crippen LogP contribution in [0.3, 0.4) is 0 Å². The molecule has 2 N–H and O–H groups in total. The third kappa shape index (κ3) is 2.67. The van der Waals surface area contributed by atoms with Crippen molar-refractivity contribution in [1.82, 2.24) is 19.9 Å². The molecule has 0 aliphatic carbocycles. The van der Waals surface area contributed by atoms with E-state index in [9.17, 15) is 4.79 Å². The van der Waals surface area contributed by atoms with Gasteiger partial charge in [-0.05, 0) is 39.0 Å². The number of benzene rings is 1. The second-order valence-electron chi connectivity index (χ2n) is 5.76. The fourth-order valence-electron chi connectivity index (χ4n) is 2.34. The lowest BCUT2D eigenvalue weighted by molar-refractivity contribution is 0.560. The van der Waals surface area contributed by atoms with E-state index < -0.39 is 5.54 Å². The fraction of sp³-hybridized carbons (Fsp3) is 0.250. The van der Waals surface area contributed by atoms with E-state index in [4.69, 9.17) is 0 Å². The Morgan fingerprint density at radius 2 is 1.91 bits per heavy atom. The first-order valence-corrected chi connectivity index (χ1v) is 7.02. The number of anilines is 1. The Hall–Kier alpha value is -2.76. The van der Waals surface area contributed by atoms with E-state index in [1.165, 1.54) is 0 Å². The molecule has 0 aliphatic rings. The highest BCUT2D eigenvalue weighted by Crippen LogP contribution is 2.26. The molecule has 0 saturated carbocycles. The maximum Gasteiger partial charge on any atom is 0.347 e. The molecule has 0 unspecified atom stereocenters. The largest absolute Gasteiger partial charge is 0.357 e. The molecular weight excluding hydrogens is 278 g/mol. The quantitative estimate of drug-likeness (QED) is 0.775. The molecule has 0 fully saturated rings. The number of nitrogens with one attached hydrogen (secondary N) is 2. The number of rotatable bonds is 3. The van der Waals surface area contributed by atoms with Crippen molar-refractivity contribution in [3.05, 3.63) is 58.5 Å². The molecule has 0 atom stereocenters. The zero-order chi connectivity index (χ0) is 15.7. The number of hydrogen-bond donors (Lipinski definition) is 2. The van der Waals surface area contributed by atoms with Gasteiger partial charge in [-0.15, -0.1) is 0 Å². The van der Waals surface area contributed by atoms with Gasteiger partial charge in [0.1, 0.15) is 5.82 Å². The third-order valence-corrected chi connectivity index (χ3v) is 3.44. The lowest BCUT2D eigenvalue weighted by Crippen LogP contribution is -2.32. The average Bonchev–Trinajstić information content (AvgIpc) is 2.48. The Morgan fingerprint density at radius 1 is 1.18 bits per heavy atom. The van der Waals surface area contributed by atoms with Gasteiger partial charge in [-0.2, -0.15) is 4.98 Å². The van der Waals surface area contributed by atoms with Crippen molar-refractivity contribution < 1.29 is 0 Å². The second-order valence-corrected chi connectivity index (χ2v) is 5.76. The van der Waals surface area contributed by atoms with E-state index in [1.807, 2.05) is 39.0 Å². The summed E-state index contributed by atoms with van der Waals surface area (Å²) in [5.41, 5.74) is 0.901. The normalized spacial score (nSPS) is 11.6. The van der Waals surface area contributed by atoms with Crippen LogP contribution in [0.15, 0.2) is 41.5 Å². The summed E-state index contributed by atoms with van der Waals surface area (Å²) in [6.45, 7) is 5.90. The summed E-state index contributed by atoms with van der Waals surface area (Å²) in [7, 11) is 0. The van der Waals surface area contributed by atoms with Gasteiger partial charge in [-0.25, -0.2) is 14.8 Å². The predicted molar refractivity (Wildman–Crippen MR) is 85.8 cm³/mol. The minimum atomic E-state index is -0.557. The molecule has 6 nitrogen and oxygen atoms in total. The molecule has 0 saturated heterocycles. The lowest BCUT2D eigenvalue weighted by atomic mass is 10.0. The summed E-state index contributed by atoms with van der Waals surface area (Å²) in [6, 6.07) is 7.59. The Kier molecular flexibility index (Phi) is 3.36. The zero-order valence-corrected chi connectivity index (χ0v) is 12.7. The second kappa shape index (κ2) is 5.22. The molecule has 1 aromatic carbocycles. The summed E-state index contributed by atoms with van der Waals surface area (Å²) < 4.78 is 0. The van der Waals surface area contributed by atoms with Crippen molar-refractivity contribution in [1.29, 1.82) is 0 Å². The molecule has 6 heteroatoms. The monoisotopic (exact) mass is 295 g/mol. The average molecular weight is 295 g/mol. The van der Waals surface area contributed by atoms with Crippen molar-refractivity contribution in [3.8, 4) is 0 Å². The van der Waals surface area contributed by atoms with Gasteiger partial charge in [0.25, 0.3) is 0 Å². The van der Waals surface area contributed by atoms with Gasteiger partial charge in [0.05, 0.1) is 11.1 Å². The van der Waals surface area contributed by atoms with E-state index in [2.05, 4.69) is 25.3 Å². The molecular formula is C16H17N5O. The number of aromatic nitrogens is 4.